The van der Waals surface area contributed by atoms with Gasteiger partial charge in [0.15, 0.2) is 0 Å². The lowest BCUT2D eigenvalue weighted by Crippen LogP contribution is -2.40. The molecule has 1 aliphatic heterocycles. The van der Waals surface area contributed by atoms with Crippen molar-refractivity contribution in [3.8, 4) is 5.75 Å². The molecular formula is C17H23Cl2N3O3. The van der Waals surface area contributed by atoms with Gasteiger partial charge in [-0.05, 0) is 25.0 Å². The van der Waals surface area contributed by atoms with E-state index in [9.17, 15) is 9.90 Å². The number of amides is 1. The van der Waals surface area contributed by atoms with Crippen molar-refractivity contribution < 1.29 is 14.6 Å². The van der Waals surface area contributed by atoms with Crippen LogP contribution in [0, 0.1) is 0 Å². The minimum absolute atomic E-state index is 0. The molecule has 0 spiro atoms. The molecule has 3 rings (SSSR count). The first kappa shape index (κ1) is 21.4. The first-order valence-corrected chi connectivity index (χ1v) is 7.90. The van der Waals surface area contributed by atoms with Crippen LogP contribution in [0.25, 0.3) is 10.9 Å². The van der Waals surface area contributed by atoms with Crippen LogP contribution in [0.4, 0.5) is 0 Å². The number of carbonyl (C=O) groups excluding carboxylic acids is 1. The molecule has 0 radical (unpaired) electrons. The predicted octanol–water partition coefficient (Wildman–Crippen LogP) is 1.69. The van der Waals surface area contributed by atoms with Gasteiger partial charge in [0.25, 0.3) is 0 Å². The van der Waals surface area contributed by atoms with Gasteiger partial charge >= 0.3 is 0 Å². The minimum Gasteiger partial charge on any atom is -0.491 e. The van der Waals surface area contributed by atoms with Gasteiger partial charge in [-0.15, -0.1) is 24.8 Å². The van der Waals surface area contributed by atoms with Gasteiger partial charge in [0, 0.05) is 24.7 Å². The van der Waals surface area contributed by atoms with E-state index in [0.717, 1.165) is 16.7 Å². The van der Waals surface area contributed by atoms with Crippen LogP contribution < -0.4 is 15.4 Å². The summed E-state index contributed by atoms with van der Waals surface area (Å²) in [5.74, 6) is 0.698. The molecule has 2 aromatic rings. The Morgan fingerprint density at radius 1 is 1.32 bits per heavy atom. The standard InChI is InChI=1S/C17H21N3O3.2ClH/c21-13-10-14(20-11-13)17(22)19-8-3-9-23-15-6-1-4-12-5-2-7-18-16(12)15;;/h1-2,4-7,13-14,20-21H,3,8-11H2,(H,19,22);2*1H. The topological polar surface area (TPSA) is 83.5 Å². The fourth-order valence-corrected chi connectivity index (χ4v) is 2.70. The lowest BCUT2D eigenvalue weighted by Gasteiger charge is -2.12. The number of hydrogen-bond donors (Lipinski definition) is 3. The number of halogens is 2. The summed E-state index contributed by atoms with van der Waals surface area (Å²) in [4.78, 5) is 16.2. The number of aliphatic hydroxyl groups is 1. The summed E-state index contributed by atoms with van der Waals surface area (Å²) in [6.45, 7) is 1.54. The number of fused-ring (bicyclic) bond motifs is 1. The Bertz CT molecular complexity index is 682. The van der Waals surface area contributed by atoms with Crippen LogP contribution in [-0.2, 0) is 4.79 Å². The van der Waals surface area contributed by atoms with E-state index in [0.29, 0.717) is 32.5 Å². The molecule has 8 heteroatoms. The highest BCUT2D eigenvalue weighted by atomic mass is 35.5. The maximum atomic E-state index is 11.9. The third kappa shape index (κ3) is 5.71. The maximum absolute atomic E-state index is 11.9. The number of aliphatic hydroxyl groups excluding tert-OH is 1. The molecule has 6 nitrogen and oxygen atoms in total. The van der Waals surface area contributed by atoms with Crippen molar-refractivity contribution in [1.82, 2.24) is 15.6 Å². The van der Waals surface area contributed by atoms with E-state index in [2.05, 4.69) is 15.6 Å². The molecule has 25 heavy (non-hydrogen) atoms. The monoisotopic (exact) mass is 387 g/mol. The number of pyridine rings is 1. The number of ether oxygens (including phenoxy) is 1. The Morgan fingerprint density at radius 2 is 2.12 bits per heavy atom. The second-order valence-electron chi connectivity index (χ2n) is 5.67. The number of para-hydroxylation sites is 1. The average Bonchev–Trinajstić information content (AvgIpc) is 3.01. The number of hydrogen-bond acceptors (Lipinski definition) is 5. The summed E-state index contributed by atoms with van der Waals surface area (Å²) < 4.78 is 5.77. The van der Waals surface area contributed by atoms with Crippen LogP contribution in [-0.4, -0.2) is 47.8 Å². The number of nitrogens with one attached hydrogen (secondary N) is 2. The van der Waals surface area contributed by atoms with Crippen LogP contribution in [0.15, 0.2) is 36.5 Å². The third-order valence-electron chi connectivity index (χ3n) is 3.90. The van der Waals surface area contributed by atoms with Gasteiger partial charge in [-0.2, -0.15) is 0 Å². The summed E-state index contributed by atoms with van der Waals surface area (Å²) in [5, 5.41) is 16.3. The van der Waals surface area contributed by atoms with Gasteiger partial charge < -0.3 is 20.5 Å². The first-order valence-electron chi connectivity index (χ1n) is 7.90. The average molecular weight is 388 g/mol. The zero-order chi connectivity index (χ0) is 16.1. The van der Waals surface area contributed by atoms with E-state index in [1.807, 2.05) is 30.3 Å². The minimum atomic E-state index is -0.423. The van der Waals surface area contributed by atoms with Crippen molar-refractivity contribution in [1.29, 1.82) is 0 Å². The van der Waals surface area contributed by atoms with Crippen molar-refractivity contribution in [2.75, 3.05) is 19.7 Å². The van der Waals surface area contributed by atoms with E-state index < -0.39 is 6.10 Å². The molecule has 1 saturated heterocycles. The van der Waals surface area contributed by atoms with Gasteiger partial charge in [0.2, 0.25) is 5.91 Å². The Kier molecular flexibility index (Phi) is 8.92. The quantitative estimate of drug-likeness (QED) is 0.656. The molecule has 0 saturated carbocycles. The highest BCUT2D eigenvalue weighted by molar-refractivity contribution is 5.86. The Balaban J connectivity index is 0.00000156. The number of rotatable bonds is 6. The molecule has 138 valence electrons. The Morgan fingerprint density at radius 3 is 2.88 bits per heavy atom. The van der Waals surface area contributed by atoms with Gasteiger partial charge in [0.1, 0.15) is 11.3 Å². The third-order valence-corrected chi connectivity index (χ3v) is 3.90. The highest BCUT2D eigenvalue weighted by Crippen LogP contribution is 2.22. The zero-order valence-electron chi connectivity index (χ0n) is 13.7. The van der Waals surface area contributed by atoms with Crippen LogP contribution in [0.1, 0.15) is 12.8 Å². The molecule has 3 N–H and O–H groups in total. The van der Waals surface area contributed by atoms with Crippen molar-refractivity contribution in [3.05, 3.63) is 36.5 Å². The molecule has 1 aromatic heterocycles. The number of carbonyl (C=O) groups is 1. The van der Waals surface area contributed by atoms with Crippen LogP contribution in [0.2, 0.25) is 0 Å². The molecule has 2 unspecified atom stereocenters. The lowest BCUT2D eigenvalue weighted by atomic mass is 10.2. The molecule has 2 heterocycles. The van der Waals surface area contributed by atoms with Gasteiger partial charge in [-0.25, -0.2) is 0 Å². The van der Waals surface area contributed by atoms with Crippen molar-refractivity contribution >= 4 is 41.6 Å². The van der Waals surface area contributed by atoms with Crippen LogP contribution in [0.5, 0.6) is 5.75 Å². The van der Waals surface area contributed by atoms with Gasteiger partial charge in [-0.1, -0.05) is 18.2 Å². The highest BCUT2D eigenvalue weighted by Gasteiger charge is 2.27. The van der Waals surface area contributed by atoms with E-state index in [4.69, 9.17) is 4.74 Å². The molecule has 1 fully saturated rings. The van der Waals surface area contributed by atoms with Gasteiger partial charge in [0.05, 0.1) is 18.8 Å². The first-order chi connectivity index (χ1) is 11.2. The van der Waals surface area contributed by atoms with Crippen molar-refractivity contribution in [2.24, 2.45) is 0 Å². The summed E-state index contributed by atoms with van der Waals surface area (Å²) >= 11 is 0. The molecule has 2 atom stereocenters. The maximum Gasteiger partial charge on any atom is 0.237 e. The van der Waals surface area contributed by atoms with Crippen molar-refractivity contribution in [2.45, 2.75) is 25.0 Å². The molecule has 1 amide bonds. The fourth-order valence-electron chi connectivity index (χ4n) is 2.70. The lowest BCUT2D eigenvalue weighted by molar-refractivity contribution is -0.122. The number of benzene rings is 1. The van der Waals surface area contributed by atoms with E-state index in [-0.39, 0.29) is 36.8 Å². The Labute approximate surface area is 159 Å². The molecular weight excluding hydrogens is 365 g/mol. The number of nitrogens with zero attached hydrogens (tertiary/aromatic N) is 1. The fraction of sp³-hybridized carbons (Fsp3) is 0.412. The second kappa shape index (κ2) is 10.4. The number of β-amino-alcohol motifs (C(OH)–C–C–N with tert-alkyl or cyclic N) is 1. The second-order valence-corrected chi connectivity index (χ2v) is 5.67. The Hall–Kier alpha value is -1.60. The smallest absolute Gasteiger partial charge is 0.237 e. The van der Waals surface area contributed by atoms with Crippen molar-refractivity contribution in [3.63, 3.8) is 0 Å². The summed E-state index contributed by atoms with van der Waals surface area (Å²) in [5.41, 5.74) is 0.850. The molecule has 0 bridgehead atoms. The summed E-state index contributed by atoms with van der Waals surface area (Å²) in [6, 6.07) is 9.45. The molecule has 0 aliphatic carbocycles. The zero-order valence-corrected chi connectivity index (χ0v) is 15.3. The normalized spacial score (nSPS) is 18.9. The molecule has 1 aliphatic rings. The predicted molar refractivity (Wildman–Crippen MR) is 102 cm³/mol. The summed E-state index contributed by atoms with van der Waals surface area (Å²) in [7, 11) is 0. The summed E-state index contributed by atoms with van der Waals surface area (Å²) in [6.07, 6.45) is 2.51. The van der Waals surface area contributed by atoms with E-state index in [1.165, 1.54) is 0 Å². The van der Waals surface area contributed by atoms with E-state index in [1.54, 1.807) is 6.20 Å². The SMILES string of the molecule is Cl.Cl.O=C(NCCCOc1cccc2cccnc12)C1CC(O)CN1. The largest absolute Gasteiger partial charge is 0.491 e. The van der Waals surface area contributed by atoms with Crippen LogP contribution in [0.3, 0.4) is 0 Å². The van der Waals surface area contributed by atoms with Crippen LogP contribution >= 0.6 is 24.8 Å². The van der Waals surface area contributed by atoms with Gasteiger partial charge in [-0.3, -0.25) is 9.78 Å². The molecule has 1 aromatic carbocycles. The van der Waals surface area contributed by atoms with E-state index >= 15 is 0 Å². The number of aromatic nitrogens is 1.